The smallest absolute Gasteiger partial charge is 0.274 e. The van der Waals surface area contributed by atoms with E-state index in [9.17, 15) is 4.79 Å². The fourth-order valence-corrected chi connectivity index (χ4v) is 4.68. The molecule has 4 nitrogen and oxygen atoms in total. The van der Waals surface area contributed by atoms with E-state index in [-0.39, 0.29) is 12.0 Å². The number of ether oxygens (including phenoxy) is 1. The highest BCUT2D eigenvalue weighted by Gasteiger charge is 2.26. The summed E-state index contributed by atoms with van der Waals surface area (Å²) in [6.45, 7) is 1.41. The van der Waals surface area contributed by atoms with Gasteiger partial charge in [-0.25, -0.2) is 4.98 Å². The van der Waals surface area contributed by atoms with Crippen LogP contribution in [0.3, 0.4) is 0 Å². The summed E-state index contributed by atoms with van der Waals surface area (Å²) in [5.74, 6) is 0.107. The highest BCUT2D eigenvalue weighted by molar-refractivity contribution is 7.20. The molecule has 140 valence electrons. The van der Waals surface area contributed by atoms with E-state index in [4.69, 9.17) is 4.74 Å². The Bertz CT molecular complexity index is 1110. The van der Waals surface area contributed by atoms with Gasteiger partial charge in [-0.15, -0.1) is 0 Å². The SMILES string of the molecule is O=C(c1cccc2ccccc12)N1CCC(Oc2nc3ccccc3s2)CC1. The minimum Gasteiger partial charge on any atom is -0.467 e. The third-order valence-corrected chi connectivity index (χ3v) is 6.22. The summed E-state index contributed by atoms with van der Waals surface area (Å²) < 4.78 is 7.25. The maximum atomic E-state index is 13.1. The Morgan fingerprint density at radius 3 is 2.57 bits per heavy atom. The number of aromatic nitrogens is 1. The number of hydrogen-bond donors (Lipinski definition) is 0. The van der Waals surface area contributed by atoms with Gasteiger partial charge in [0.1, 0.15) is 6.10 Å². The summed E-state index contributed by atoms with van der Waals surface area (Å²) in [6.07, 6.45) is 1.76. The number of amides is 1. The van der Waals surface area contributed by atoms with E-state index in [2.05, 4.69) is 11.1 Å². The van der Waals surface area contributed by atoms with Crippen molar-refractivity contribution in [1.82, 2.24) is 9.88 Å². The van der Waals surface area contributed by atoms with Gasteiger partial charge in [-0.3, -0.25) is 4.79 Å². The molecule has 0 N–H and O–H groups in total. The first kappa shape index (κ1) is 17.2. The Labute approximate surface area is 167 Å². The van der Waals surface area contributed by atoms with Crippen molar-refractivity contribution in [2.24, 2.45) is 0 Å². The third kappa shape index (κ3) is 3.22. The summed E-state index contributed by atoms with van der Waals surface area (Å²) in [5.41, 5.74) is 1.76. The first-order chi connectivity index (χ1) is 13.8. The third-order valence-electron chi connectivity index (χ3n) is 5.29. The van der Waals surface area contributed by atoms with Crippen LogP contribution in [0.1, 0.15) is 23.2 Å². The molecule has 3 aromatic carbocycles. The number of piperidine rings is 1. The van der Waals surface area contributed by atoms with Crippen molar-refractivity contribution >= 4 is 38.2 Å². The summed E-state index contributed by atoms with van der Waals surface area (Å²) in [5, 5.41) is 2.84. The molecule has 0 radical (unpaired) electrons. The lowest BCUT2D eigenvalue weighted by Crippen LogP contribution is -2.41. The van der Waals surface area contributed by atoms with Crippen molar-refractivity contribution in [2.45, 2.75) is 18.9 Å². The molecule has 0 atom stereocenters. The van der Waals surface area contributed by atoms with Crippen molar-refractivity contribution in [1.29, 1.82) is 0 Å². The number of likely N-dealkylation sites (tertiary alicyclic amines) is 1. The molecule has 1 saturated heterocycles. The molecule has 4 aromatic rings. The van der Waals surface area contributed by atoms with Crippen molar-refractivity contribution in [3.8, 4) is 5.19 Å². The molecule has 2 heterocycles. The van der Waals surface area contributed by atoms with E-state index >= 15 is 0 Å². The zero-order chi connectivity index (χ0) is 18.9. The fourth-order valence-electron chi connectivity index (χ4n) is 3.80. The van der Waals surface area contributed by atoms with Gasteiger partial charge in [0.05, 0.1) is 10.2 Å². The summed E-state index contributed by atoms with van der Waals surface area (Å²) in [7, 11) is 0. The van der Waals surface area contributed by atoms with Gasteiger partial charge in [-0.2, -0.15) is 0 Å². The minimum absolute atomic E-state index is 0.107. The Hall–Kier alpha value is -2.92. The lowest BCUT2D eigenvalue weighted by molar-refractivity contribution is 0.0597. The topological polar surface area (TPSA) is 42.4 Å². The average molecular weight is 388 g/mol. The molecule has 5 rings (SSSR count). The van der Waals surface area contributed by atoms with Gasteiger partial charge in [0.25, 0.3) is 11.1 Å². The van der Waals surface area contributed by atoms with E-state index in [1.165, 1.54) is 0 Å². The number of thiazole rings is 1. The fraction of sp³-hybridized carbons (Fsp3) is 0.217. The largest absolute Gasteiger partial charge is 0.467 e. The van der Waals surface area contributed by atoms with Crippen LogP contribution >= 0.6 is 11.3 Å². The number of fused-ring (bicyclic) bond motifs is 2. The van der Waals surface area contributed by atoms with E-state index in [0.717, 1.165) is 44.6 Å². The van der Waals surface area contributed by atoms with Crippen LogP contribution in [0.2, 0.25) is 0 Å². The Morgan fingerprint density at radius 1 is 0.964 bits per heavy atom. The maximum Gasteiger partial charge on any atom is 0.274 e. The van der Waals surface area contributed by atoms with Crippen molar-refractivity contribution in [3.05, 3.63) is 72.3 Å². The van der Waals surface area contributed by atoms with Crippen LogP contribution in [-0.4, -0.2) is 35.0 Å². The van der Waals surface area contributed by atoms with Crippen molar-refractivity contribution < 1.29 is 9.53 Å². The van der Waals surface area contributed by atoms with Crippen LogP contribution in [0, 0.1) is 0 Å². The van der Waals surface area contributed by atoms with E-state index < -0.39 is 0 Å². The average Bonchev–Trinajstić information content (AvgIpc) is 3.16. The summed E-state index contributed by atoms with van der Waals surface area (Å²) in [6, 6.07) is 22.0. The second kappa shape index (κ2) is 7.24. The maximum absolute atomic E-state index is 13.1. The lowest BCUT2D eigenvalue weighted by atomic mass is 10.0. The number of nitrogens with zero attached hydrogens (tertiary/aromatic N) is 2. The molecule has 0 spiro atoms. The molecule has 0 saturated carbocycles. The summed E-state index contributed by atoms with van der Waals surface area (Å²) >= 11 is 1.58. The molecular weight excluding hydrogens is 368 g/mol. The highest BCUT2D eigenvalue weighted by Crippen LogP contribution is 2.30. The van der Waals surface area contributed by atoms with Crippen molar-refractivity contribution in [2.75, 3.05) is 13.1 Å². The standard InChI is InChI=1S/C23H20N2O2S/c26-22(19-9-5-7-16-6-1-2-8-18(16)19)25-14-12-17(13-15-25)27-23-24-20-10-3-4-11-21(20)28-23/h1-11,17H,12-15H2. The van der Waals surface area contributed by atoms with Gasteiger partial charge in [0.15, 0.2) is 0 Å². The minimum atomic E-state index is 0.107. The second-order valence-electron chi connectivity index (χ2n) is 7.08. The molecule has 0 unspecified atom stereocenters. The van der Waals surface area contributed by atoms with Crippen LogP contribution in [0.25, 0.3) is 21.0 Å². The van der Waals surface area contributed by atoms with Crippen LogP contribution in [-0.2, 0) is 0 Å². The molecule has 0 aliphatic carbocycles. The van der Waals surface area contributed by atoms with Gasteiger partial charge >= 0.3 is 0 Å². The number of carbonyl (C=O) groups excluding carboxylic acids is 1. The highest BCUT2D eigenvalue weighted by atomic mass is 32.1. The number of hydrogen-bond acceptors (Lipinski definition) is 4. The Kier molecular flexibility index (Phi) is 4.45. The zero-order valence-electron chi connectivity index (χ0n) is 15.4. The molecule has 5 heteroatoms. The molecule has 1 fully saturated rings. The molecule has 1 aliphatic rings. The number of rotatable bonds is 3. The number of benzene rings is 3. The van der Waals surface area contributed by atoms with Gasteiger partial charge in [0.2, 0.25) is 0 Å². The van der Waals surface area contributed by atoms with E-state index in [1.807, 2.05) is 65.6 Å². The first-order valence-corrected chi connectivity index (χ1v) is 10.4. The number of carbonyl (C=O) groups is 1. The Balaban J connectivity index is 1.27. The molecular formula is C23H20N2O2S. The van der Waals surface area contributed by atoms with Gasteiger partial charge in [-0.05, 0) is 29.0 Å². The van der Waals surface area contributed by atoms with E-state index in [1.54, 1.807) is 11.3 Å². The normalized spacial score (nSPS) is 15.2. The Morgan fingerprint density at radius 2 is 1.71 bits per heavy atom. The molecule has 1 amide bonds. The van der Waals surface area contributed by atoms with Crippen LogP contribution < -0.4 is 4.74 Å². The quantitative estimate of drug-likeness (QED) is 0.488. The lowest BCUT2D eigenvalue weighted by Gasteiger charge is -2.32. The molecule has 28 heavy (non-hydrogen) atoms. The van der Waals surface area contributed by atoms with Crippen LogP contribution in [0.4, 0.5) is 0 Å². The predicted molar refractivity (Wildman–Crippen MR) is 113 cm³/mol. The van der Waals surface area contributed by atoms with Crippen molar-refractivity contribution in [3.63, 3.8) is 0 Å². The molecule has 1 aromatic heterocycles. The second-order valence-corrected chi connectivity index (χ2v) is 8.08. The molecule has 0 bridgehead atoms. The molecule has 1 aliphatic heterocycles. The number of para-hydroxylation sites is 1. The predicted octanol–water partition coefficient (Wildman–Crippen LogP) is 5.13. The van der Waals surface area contributed by atoms with Gasteiger partial charge in [0, 0.05) is 31.5 Å². The van der Waals surface area contributed by atoms with Crippen LogP contribution in [0.5, 0.6) is 5.19 Å². The summed E-state index contributed by atoms with van der Waals surface area (Å²) in [4.78, 5) is 19.6. The first-order valence-electron chi connectivity index (χ1n) is 9.57. The van der Waals surface area contributed by atoms with E-state index in [0.29, 0.717) is 13.1 Å². The zero-order valence-corrected chi connectivity index (χ0v) is 16.2. The van der Waals surface area contributed by atoms with Gasteiger partial charge in [-0.1, -0.05) is 59.9 Å². The van der Waals surface area contributed by atoms with Gasteiger partial charge < -0.3 is 9.64 Å². The van der Waals surface area contributed by atoms with Crippen LogP contribution in [0.15, 0.2) is 66.7 Å². The monoisotopic (exact) mass is 388 g/mol.